The topological polar surface area (TPSA) is 59.8 Å². The molecule has 0 saturated carbocycles. The van der Waals surface area contributed by atoms with Crippen LogP contribution in [0.4, 0.5) is 5.82 Å². The van der Waals surface area contributed by atoms with Crippen molar-refractivity contribution in [3.05, 3.63) is 63.7 Å². The van der Waals surface area contributed by atoms with Crippen LogP contribution in [0.1, 0.15) is 5.69 Å². The third kappa shape index (κ3) is 2.60. The molecule has 21 heavy (non-hydrogen) atoms. The lowest BCUT2D eigenvalue weighted by atomic mass is 10.2. The molecule has 1 N–H and O–H groups in total. The second kappa shape index (κ2) is 5.54. The van der Waals surface area contributed by atoms with Gasteiger partial charge in [0.05, 0.1) is 28.8 Å². The number of hydrogen-bond acceptors (Lipinski definition) is 4. The summed E-state index contributed by atoms with van der Waals surface area (Å²) in [6.07, 6.45) is 1.67. The predicted octanol–water partition coefficient (Wildman–Crippen LogP) is 2.53. The SMILES string of the molecule is CNc1ccc(Cl)c(Cn2ncc3ccccc3c2=O)n1. The van der Waals surface area contributed by atoms with Crippen molar-refractivity contribution >= 4 is 28.2 Å². The van der Waals surface area contributed by atoms with E-state index < -0.39 is 0 Å². The fourth-order valence-electron chi connectivity index (χ4n) is 2.12. The molecule has 0 saturated heterocycles. The summed E-state index contributed by atoms with van der Waals surface area (Å²) in [5.74, 6) is 0.697. The lowest BCUT2D eigenvalue weighted by Crippen LogP contribution is -2.24. The highest BCUT2D eigenvalue weighted by molar-refractivity contribution is 6.31. The number of benzene rings is 1. The van der Waals surface area contributed by atoms with Gasteiger partial charge in [0.25, 0.3) is 5.56 Å². The molecule has 5 nitrogen and oxygen atoms in total. The van der Waals surface area contributed by atoms with Gasteiger partial charge in [-0.2, -0.15) is 5.10 Å². The summed E-state index contributed by atoms with van der Waals surface area (Å²) in [5, 5.41) is 9.09. The molecule has 0 aliphatic carbocycles. The molecule has 2 heterocycles. The molecular weight excluding hydrogens is 288 g/mol. The maximum Gasteiger partial charge on any atom is 0.274 e. The summed E-state index contributed by atoms with van der Waals surface area (Å²) in [6, 6.07) is 10.9. The average molecular weight is 301 g/mol. The van der Waals surface area contributed by atoms with Crippen LogP contribution in [0.3, 0.4) is 0 Å². The van der Waals surface area contributed by atoms with Crippen LogP contribution in [0, 0.1) is 0 Å². The van der Waals surface area contributed by atoms with Crippen LogP contribution in [-0.2, 0) is 6.54 Å². The highest BCUT2D eigenvalue weighted by Crippen LogP contribution is 2.17. The summed E-state index contributed by atoms with van der Waals surface area (Å²) in [5.41, 5.74) is 0.453. The zero-order valence-corrected chi connectivity index (χ0v) is 12.1. The maximum atomic E-state index is 12.4. The number of nitrogens with one attached hydrogen (secondary N) is 1. The van der Waals surface area contributed by atoms with E-state index in [2.05, 4.69) is 15.4 Å². The van der Waals surface area contributed by atoms with Crippen molar-refractivity contribution in [1.29, 1.82) is 0 Å². The molecule has 0 spiro atoms. The van der Waals surface area contributed by atoms with Gasteiger partial charge in [0.1, 0.15) is 5.82 Å². The van der Waals surface area contributed by atoms with E-state index in [1.54, 1.807) is 31.4 Å². The van der Waals surface area contributed by atoms with Gasteiger partial charge in [0.15, 0.2) is 0 Å². The van der Waals surface area contributed by atoms with Gasteiger partial charge < -0.3 is 5.32 Å². The van der Waals surface area contributed by atoms with E-state index in [1.165, 1.54) is 4.68 Å². The molecule has 0 amide bonds. The Morgan fingerprint density at radius 2 is 2.05 bits per heavy atom. The summed E-state index contributed by atoms with van der Waals surface area (Å²) in [6.45, 7) is 0.234. The van der Waals surface area contributed by atoms with Crippen molar-refractivity contribution in [2.45, 2.75) is 6.54 Å². The molecule has 1 aromatic carbocycles. The summed E-state index contributed by atoms with van der Waals surface area (Å²) in [7, 11) is 1.78. The van der Waals surface area contributed by atoms with E-state index in [0.29, 0.717) is 21.9 Å². The van der Waals surface area contributed by atoms with E-state index >= 15 is 0 Å². The van der Waals surface area contributed by atoms with Crippen LogP contribution in [0.25, 0.3) is 10.8 Å². The maximum absolute atomic E-state index is 12.4. The zero-order valence-electron chi connectivity index (χ0n) is 11.4. The van der Waals surface area contributed by atoms with Crippen LogP contribution in [0.5, 0.6) is 0 Å². The highest BCUT2D eigenvalue weighted by Gasteiger charge is 2.08. The fourth-order valence-corrected chi connectivity index (χ4v) is 2.28. The third-order valence-corrected chi connectivity index (χ3v) is 3.58. The standard InChI is InChI=1S/C15H13ClN4O/c1-17-14-7-6-12(16)13(19-14)9-20-15(21)11-5-3-2-4-10(11)8-18-20/h2-8H,9H2,1H3,(H,17,19). The molecule has 3 aromatic rings. The second-order valence-corrected chi connectivity index (χ2v) is 4.98. The minimum Gasteiger partial charge on any atom is -0.373 e. The Kier molecular flexibility index (Phi) is 3.58. The van der Waals surface area contributed by atoms with Crippen molar-refractivity contribution in [3.8, 4) is 0 Å². The van der Waals surface area contributed by atoms with Crippen LogP contribution < -0.4 is 10.9 Å². The van der Waals surface area contributed by atoms with E-state index in [4.69, 9.17) is 11.6 Å². The number of hydrogen-bond donors (Lipinski definition) is 1. The lowest BCUT2D eigenvalue weighted by molar-refractivity contribution is 0.636. The van der Waals surface area contributed by atoms with Gasteiger partial charge in [-0.15, -0.1) is 0 Å². The van der Waals surface area contributed by atoms with E-state index in [1.807, 2.05) is 18.2 Å². The Morgan fingerprint density at radius 1 is 1.24 bits per heavy atom. The first-order valence-corrected chi connectivity index (χ1v) is 6.85. The largest absolute Gasteiger partial charge is 0.373 e. The third-order valence-electron chi connectivity index (χ3n) is 3.24. The molecule has 0 aliphatic rings. The minimum absolute atomic E-state index is 0.152. The van der Waals surface area contributed by atoms with Crippen LogP contribution in [0.15, 0.2) is 47.4 Å². The molecule has 0 fully saturated rings. The first kappa shape index (κ1) is 13.6. The molecular formula is C15H13ClN4O. The van der Waals surface area contributed by atoms with E-state index in [-0.39, 0.29) is 12.1 Å². The van der Waals surface area contributed by atoms with Gasteiger partial charge in [0, 0.05) is 12.4 Å². The molecule has 0 bridgehead atoms. The molecule has 0 radical (unpaired) electrons. The smallest absolute Gasteiger partial charge is 0.274 e. The summed E-state index contributed by atoms with van der Waals surface area (Å²) in [4.78, 5) is 16.8. The summed E-state index contributed by atoms with van der Waals surface area (Å²) < 4.78 is 1.37. The predicted molar refractivity (Wildman–Crippen MR) is 83.9 cm³/mol. The Labute approximate surface area is 126 Å². The second-order valence-electron chi connectivity index (χ2n) is 4.57. The first-order valence-electron chi connectivity index (χ1n) is 6.47. The number of fused-ring (bicyclic) bond motifs is 1. The number of aromatic nitrogens is 3. The molecule has 106 valence electrons. The van der Waals surface area contributed by atoms with Gasteiger partial charge in [0.2, 0.25) is 0 Å². The molecule has 3 rings (SSSR count). The number of anilines is 1. The quantitative estimate of drug-likeness (QED) is 0.807. The number of nitrogens with zero attached hydrogens (tertiary/aromatic N) is 3. The van der Waals surface area contributed by atoms with Crippen LogP contribution >= 0.6 is 11.6 Å². The van der Waals surface area contributed by atoms with Gasteiger partial charge in [-0.1, -0.05) is 29.8 Å². The molecule has 6 heteroatoms. The van der Waals surface area contributed by atoms with Crippen molar-refractivity contribution in [1.82, 2.24) is 14.8 Å². The minimum atomic E-state index is -0.152. The van der Waals surface area contributed by atoms with Crippen molar-refractivity contribution < 1.29 is 0 Å². The summed E-state index contributed by atoms with van der Waals surface area (Å²) >= 11 is 6.14. The molecule has 0 aliphatic heterocycles. The average Bonchev–Trinajstić information content (AvgIpc) is 2.52. The Hall–Kier alpha value is -2.40. The highest BCUT2D eigenvalue weighted by atomic mass is 35.5. The molecule has 0 atom stereocenters. The molecule has 2 aromatic heterocycles. The first-order chi connectivity index (χ1) is 10.2. The van der Waals surface area contributed by atoms with Crippen molar-refractivity contribution in [2.75, 3.05) is 12.4 Å². The van der Waals surface area contributed by atoms with E-state index in [0.717, 1.165) is 5.39 Å². The van der Waals surface area contributed by atoms with Gasteiger partial charge in [-0.05, 0) is 18.2 Å². The van der Waals surface area contributed by atoms with Gasteiger partial charge >= 0.3 is 0 Å². The van der Waals surface area contributed by atoms with Gasteiger partial charge in [-0.25, -0.2) is 9.67 Å². The lowest BCUT2D eigenvalue weighted by Gasteiger charge is -2.08. The van der Waals surface area contributed by atoms with Crippen molar-refractivity contribution in [3.63, 3.8) is 0 Å². The normalized spacial score (nSPS) is 10.8. The molecule has 0 unspecified atom stereocenters. The number of halogens is 1. The fraction of sp³-hybridized carbons (Fsp3) is 0.133. The Bertz CT molecular complexity index is 860. The van der Waals surface area contributed by atoms with Crippen LogP contribution in [0.2, 0.25) is 5.02 Å². The van der Waals surface area contributed by atoms with Crippen LogP contribution in [-0.4, -0.2) is 21.8 Å². The zero-order chi connectivity index (χ0) is 14.8. The Balaban J connectivity index is 2.06. The van der Waals surface area contributed by atoms with E-state index in [9.17, 15) is 4.79 Å². The van der Waals surface area contributed by atoms with Gasteiger partial charge in [-0.3, -0.25) is 4.79 Å². The van der Waals surface area contributed by atoms with Crippen molar-refractivity contribution in [2.24, 2.45) is 0 Å². The Morgan fingerprint density at radius 3 is 2.86 bits per heavy atom. The number of pyridine rings is 1. The monoisotopic (exact) mass is 300 g/mol. The number of rotatable bonds is 3.